The van der Waals surface area contributed by atoms with Gasteiger partial charge in [0.25, 0.3) is 5.91 Å². The number of nitrogens with zero attached hydrogens (tertiary/aromatic N) is 2. The fraction of sp³-hybridized carbons (Fsp3) is 0.0435. The van der Waals surface area contributed by atoms with E-state index in [4.69, 9.17) is 9.72 Å². The summed E-state index contributed by atoms with van der Waals surface area (Å²) in [6.45, 7) is 0. The lowest BCUT2D eigenvalue weighted by molar-refractivity contribution is -0.110. The molecule has 0 aliphatic carbocycles. The molecule has 0 unspecified atom stereocenters. The van der Waals surface area contributed by atoms with Gasteiger partial charge in [-0.1, -0.05) is 6.07 Å². The number of hydrogen-bond donors (Lipinski definition) is 1. The normalized spacial score (nSPS) is 14.3. The van der Waals surface area contributed by atoms with E-state index >= 15 is 0 Å². The fourth-order valence-electron chi connectivity index (χ4n) is 3.55. The SMILES string of the molecule is COc1ccc(-c2nc3ccccn3c2/C=C2/C(=O)Nc3ccc(F)cc32)cc1. The topological polar surface area (TPSA) is 55.6 Å². The summed E-state index contributed by atoms with van der Waals surface area (Å²) in [6.07, 6.45) is 3.65. The summed E-state index contributed by atoms with van der Waals surface area (Å²) in [4.78, 5) is 17.3. The smallest absolute Gasteiger partial charge is 0.256 e. The second-order valence-electron chi connectivity index (χ2n) is 6.71. The van der Waals surface area contributed by atoms with E-state index < -0.39 is 0 Å². The van der Waals surface area contributed by atoms with Crippen molar-refractivity contribution in [3.8, 4) is 17.0 Å². The molecule has 2 aromatic heterocycles. The molecule has 0 atom stereocenters. The largest absolute Gasteiger partial charge is 0.497 e. The minimum absolute atomic E-state index is 0.267. The number of anilines is 1. The van der Waals surface area contributed by atoms with Gasteiger partial charge in [-0.2, -0.15) is 0 Å². The van der Waals surface area contributed by atoms with Crippen LogP contribution in [0, 0.1) is 5.82 Å². The van der Waals surface area contributed by atoms with Crippen molar-refractivity contribution in [3.63, 3.8) is 0 Å². The van der Waals surface area contributed by atoms with Crippen molar-refractivity contribution in [2.24, 2.45) is 0 Å². The molecule has 142 valence electrons. The number of methoxy groups -OCH3 is 1. The summed E-state index contributed by atoms with van der Waals surface area (Å²) in [5.74, 6) is 0.0915. The molecule has 3 heterocycles. The number of halogens is 1. The number of pyridine rings is 1. The van der Waals surface area contributed by atoms with E-state index in [-0.39, 0.29) is 11.7 Å². The van der Waals surface area contributed by atoms with Crippen LogP contribution in [0.15, 0.2) is 66.9 Å². The number of nitrogens with one attached hydrogen (secondary N) is 1. The van der Waals surface area contributed by atoms with E-state index in [1.54, 1.807) is 19.3 Å². The van der Waals surface area contributed by atoms with Crippen LogP contribution in [0.4, 0.5) is 10.1 Å². The van der Waals surface area contributed by atoms with Crippen molar-refractivity contribution in [1.29, 1.82) is 0 Å². The molecular weight excluding hydrogens is 369 g/mol. The van der Waals surface area contributed by atoms with E-state index in [1.807, 2.05) is 53.1 Å². The van der Waals surface area contributed by atoms with Gasteiger partial charge in [-0.25, -0.2) is 9.37 Å². The highest BCUT2D eigenvalue weighted by Gasteiger charge is 2.26. The first-order valence-electron chi connectivity index (χ1n) is 9.08. The van der Waals surface area contributed by atoms with Crippen molar-refractivity contribution in [2.75, 3.05) is 12.4 Å². The Morgan fingerprint density at radius 3 is 2.72 bits per heavy atom. The molecule has 29 heavy (non-hydrogen) atoms. The maximum absolute atomic E-state index is 13.8. The first-order valence-corrected chi connectivity index (χ1v) is 9.08. The summed E-state index contributed by atoms with van der Waals surface area (Å²) in [7, 11) is 1.62. The summed E-state index contributed by atoms with van der Waals surface area (Å²) in [6, 6.07) is 17.6. The number of aromatic nitrogens is 2. The van der Waals surface area contributed by atoms with Gasteiger partial charge in [0.05, 0.1) is 24.1 Å². The molecule has 4 aromatic rings. The zero-order chi connectivity index (χ0) is 20.0. The van der Waals surface area contributed by atoms with Crippen molar-refractivity contribution in [3.05, 3.63) is 83.9 Å². The highest BCUT2D eigenvalue weighted by atomic mass is 19.1. The molecule has 0 bridgehead atoms. The van der Waals surface area contributed by atoms with Gasteiger partial charge in [0.1, 0.15) is 17.2 Å². The molecule has 5 nitrogen and oxygen atoms in total. The molecule has 0 saturated heterocycles. The summed E-state index contributed by atoms with van der Waals surface area (Å²) >= 11 is 0. The quantitative estimate of drug-likeness (QED) is 0.523. The van der Waals surface area contributed by atoms with Crippen LogP contribution in [0.5, 0.6) is 5.75 Å². The number of benzene rings is 2. The molecule has 0 fully saturated rings. The standard InChI is InChI=1S/C23H16FN3O2/c1-29-16-8-5-14(6-9-16)22-20(27-11-3-2-4-21(27)26-22)13-18-17-12-15(24)7-10-19(17)25-23(18)28/h2-13H,1H3,(H,25,28)/b18-13+. The van der Waals surface area contributed by atoms with Gasteiger partial charge >= 0.3 is 0 Å². The zero-order valence-corrected chi connectivity index (χ0v) is 15.5. The van der Waals surface area contributed by atoms with Gasteiger partial charge in [-0.15, -0.1) is 0 Å². The third kappa shape index (κ3) is 2.86. The van der Waals surface area contributed by atoms with Gasteiger partial charge in [0.2, 0.25) is 0 Å². The Kier molecular flexibility index (Phi) is 3.91. The van der Waals surface area contributed by atoms with Gasteiger partial charge in [0.15, 0.2) is 0 Å². The first-order chi connectivity index (χ1) is 14.1. The summed E-state index contributed by atoms with van der Waals surface area (Å²) < 4.78 is 21.0. The third-order valence-corrected chi connectivity index (χ3v) is 4.98. The highest BCUT2D eigenvalue weighted by Crippen LogP contribution is 2.36. The molecule has 1 amide bonds. The van der Waals surface area contributed by atoms with Crippen LogP contribution >= 0.6 is 0 Å². The molecule has 6 heteroatoms. The van der Waals surface area contributed by atoms with Crippen LogP contribution in [0.1, 0.15) is 11.3 Å². The lowest BCUT2D eigenvalue weighted by Crippen LogP contribution is -2.04. The summed E-state index contributed by atoms with van der Waals surface area (Å²) in [5.41, 5.74) is 4.66. The van der Waals surface area contributed by atoms with E-state index in [0.717, 1.165) is 28.3 Å². The van der Waals surface area contributed by atoms with Crippen molar-refractivity contribution in [2.45, 2.75) is 0 Å². The summed E-state index contributed by atoms with van der Waals surface area (Å²) in [5, 5.41) is 2.79. The number of hydrogen-bond acceptors (Lipinski definition) is 3. The molecule has 5 rings (SSSR count). The molecule has 1 aliphatic rings. The van der Waals surface area contributed by atoms with Gasteiger partial charge < -0.3 is 10.1 Å². The number of carbonyl (C=O) groups excluding carboxylic acids is 1. The minimum atomic E-state index is -0.389. The Hall–Kier alpha value is -3.93. The minimum Gasteiger partial charge on any atom is -0.497 e. The molecule has 0 saturated carbocycles. The number of ether oxygens (including phenoxy) is 1. The Labute approximate surface area is 166 Å². The second-order valence-corrected chi connectivity index (χ2v) is 6.71. The Bertz CT molecular complexity index is 1290. The fourth-order valence-corrected chi connectivity index (χ4v) is 3.55. The number of amides is 1. The van der Waals surface area contributed by atoms with E-state index in [9.17, 15) is 9.18 Å². The lowest BCUT2D eigenvalue weighted by Gasteiger charge is -2.04. The van der Waals surface area contributed by atoms with Crippen molar-refractivity contribution < 1.29 is 13.9 Å². The predicted octanol–water partition coefficient (Wildman–Crippen LogP) is 4.64. The van der Waals surface area contributed by atoms with Crippen LogP contribution in [-0.2, 0) is 4.79 Å². The van der Waals surface area contributed by atoms with Crippen LogP contribution in [-0.4, -0.2) is 22.4 Å². The third-order valence-electron chi connectivity index (χ3n) is 4.98. The number of carbonyl (C=O) groups is 1. The maximum Gasteiger partial charge on any atom is 0.256 e. The van der Waals surface area contributed by atoms with Gasteiger partial charge in [-0.3, -0.25) is 9.20 Å². The number of fused-ring (bicyclic) bond motifs is 2. The second kappa shape index (κ2) is 6.60. The zero-order valence-electron chi connectivity index (χ0n) is 15.5. The van der Waals surface area contributed by atoms with E-state index in [0.29, 0.717) is 16.8 Å². The van der Waals surface area contributed by atoms with E-state index in [2.05, 4.69) is 5.32 Å². The molecule has 0 spiro atoms. The van der Waals surface area contributed by atoms with Crippen LogP contribution in [0.2, 0.25) is 0 Å². The van der Waals surface area contributed by atoms with Gasteiger partial charge in [0, 0.05) is 23.0 Å². The van der Waals surface area contributed by atoms with E-state index in [1.165, 1.54) is 12.1 Å². The number of imidazole rings is 1. The average molecular weight is 385 g/mol. The van der Waals surface area contributed by atoms with Crippen LogP contribution < -0.4 is 10.1 Å². The Morgan fingerprint density at radius 1 is 1.10 bits per heavy atom. The molecule has 1 aliphatic heterocycles. The highest BCUT2D eigenvalue weighted by molar-refractivity contribution is 6.35. The Morgan fingerprint density at radius 2 is 1.93 bits per heavy atom. The first kappa shape index (κ1) is 17.2. The van der Waals surface area contributed by atoms with Crippen LogP contribution in [0.25, 0.3) is 28.6 Å². The van der Waals surface area contributed by atoms with Crippen molar-refractivity contribution >= 4 is 28.9 Å². The van der Waals surface area contributed by atoms with Crippen molar-refractivity contribution in [1.82, 2.24) is 9.38 Å². The molecule has 2 aromatic carbocycles. The Balaban J connectivity index is 1.74. The predicted molar refractivity (Wildman–Crippen MR) is 110 cm³/mol. The molecule has 0 radical (unpaired) electrons. The maximum atomic E-state index is 13.8. The lowest BCUT2D eigenvalue weighted by atomic mass is 10.0. The van der Waals surface area contributed by atoms with Gasteiger partial charge in [-0.05, 0) is 60.7 Å². The molecular formula is C23H16FN3O2. The monoisotopic (exact) mass is 385 g/mol. The molecule has 1 N–H and O–H groups in total. The average Bonchev–Trinajstić information content (AvgIpc) is 3.26. The number of rotatable bonds is 3. The van der Waals surface area contributed by atoms with Crippen LogP contribution in [0.3, 0.4) is 0 Å².